The van der Waals surface area contributed by atoms with Crippen molar-refractivity contribution in [1.29, 1.82) is 0 Å². The lowest BCUT2D eigenvalue weighted by Gasteiger charge is -2.14. The van der Waals surface area contributed by atoms with E-state index in [1.807, 2.05) is 0 Å². The Hall–Kier alpha value is -3.69. The van der Waals surface area contributed by atoms with Gasteiger partial charge in [-0.15, -0.1) is 0 Å². The number of amides is 2. The zero-order valence-electron chi connectivity index (χ0n) is 16.3. The minimum atomic E-state index is -4.76. The largest absolute Gasteiger partial charge is 0.435 e. The van der Waals surface area contributed by atoms with E-state index in [4.69, 9.17) is 5.73 Å². The monoisotopic (exact) mass is 417 g/mol. The van der Waals surface area contributed by atoms with E-state index < -0.39 is 23.7 Å². The highest BCUT2D eigenvalue weighted by Gasteiger charge is 2.36. The highest BCUT2D eigenvalue weighted by Crippen LogP contribution is 2.30. The Morgan fingerprint density at radius 2 is 1.80 bits per heavy atom. The lowest BCUT2D eigenvalue weighted by Crippen LogP contribution is -2.22. The average Bonchev–Trinajstić information content (AvgIpc) is 3.09. The van der Waals surface area contributed by atoms with Gasteiger partial charge in [-0.3, -0.25) is 9.59 Å². The molecule has 3 N–H and O–H groups in total. The van der Waals surface area contributed by atoms with Crippen molar-refractivity contribution in [2.45, 2.75) is 26.9 Å². The summed E-state index contributed by atoms with van der Waals surface area (Å²) in [6, 6.07) is 7.09. The molecule has 156 valence electrons. The number of primary amides is 1. The average molecular weight is 417 g/mol. The minimum Gasteiger partial charge on any atom is -0.366 e. The SMILES string of the molecule is Cc1cc(C)c(NC(=O)c2cc(C(F)(F)F)nn2-c2ncccc2C)c(C(N)=O)c1. The number of alkyl halides is 3. The van der Waals surface area contributed by atoms with Crippen molar-refractivity contribution < 1.29 is 22.8 Å². The van der Waals surface area contributed by atoms with Gasteiger partial charge in [-0.25, -0.2) is 9.67 Å². The molecule has 10 heteroatoms. The van der Waals surface area contributed by atoms with Crippen molar-refractivity contribution in [2.24, 2.45) is 5.73 Å². The van der Waals surface area contributed by atoms with Crippen molar-refractivity contribution in [1.82, 2.24) is 14.8 Å². The maximum absolute atomic E-state index is 13.3. The molecule has 0 saturated heterocycles. The van der Waals surface area contributed by atoms with E-state index in [1.165, 1.54) is 12.3 Å². The maximum Gasteiger partial charge on any atom is 0.435 e. The molecule has 3 rings (SSSR count). The molecule has 2 aromatic heterocycles. The molecule has 1 aromatic carbocycles. The second kappa shape index (κ2) is 7.62. The summed E-state index contributed by atoms with van der Waals surface area (Å²) < 4.78 is 40.7. The first-order chi connectivity index (χ1) is 14.0. The second-order valence-electron chi connectivity index (χ2n) is 6.79. The van der Waals surface area contributed by atoms with Crippen LogP contribution in [0.25, 0.3) is 5.82 Å². The van der Waals surface area contributed by atoms with Crippen molar-refractivity contribution in [2.75, 3.05) is 5.32 Å². The predicted octanol–water partition coefficient (Wildman–Crippen LogP) is 3.56. The van der Waals surface area contributed by atoms with E-state index >= 15 is 0 Å². The van der Waals surface area contributed by atoms with E-state index in [9.17, 15) is 22.8 Å². The molecule has 0 spiro atoms. The van der Waals surface area contributed by atoms with Crippen LogP contribution in [0.3, 0.4) is 0 Å². The van der Waals surface area contributed by atoms with Gasteiger partial charge in [0, 0.05) is 12.3 Å². The van der Waals surface area contributed by atoms with Crippen LogP contribution < -0.4 is 11.1 Å². The fourth-order valence-electron chi connectivity index (χ4n) is 3.05. The Labute approximate surface area is 169 Å². The normalized spacial score (nSPS) is 11.4. The number of aryl methyl sites for hydroxylation is 3. The predicted molar refractivity (Wildman–Crippen MR) is 103 cm³/mol. The number of nitrogens with zero attached hydrogens (tertiary/aromatic N) is 3. The zero-order valence-corrected chi connectivity index (χ0v) is 16.3. The molecule has 30 heavy (non-hydrogen) atoms. The third-order valence-electron chi connectivity index (χ3n) is 4.40. The number of carbonyl (C=O) groups is 2. The third kappa shape index (κ3) is 4.02. The van der Waals surface area contributed by atoms with Crippen LogP contribution in [-0.2, 0) is 6.18 Å². The standard InChI is InChI=1S/C20H18F3N5O2/c1-10-7-12(3)16(13(8-10)17(24)29)26-19(30)14-9-15(20(21,22)23)27-28(14)18-11(2)5-4-6-25-18/h4-9H,1-3H3,(H2,24,29)(H,26,30). The van der Waals surface area contributed by atoms with Crippen LogP contribution in [0, 0.1) is 20.8 Å². The van der Waals surface area contributed by atoms with Crippen LogP contribution in [0.2, 0.25) is 0 Å². The van der Waals surface area contributed by atoms with Gasteiger partial charge < -0.3 is 11.1 Å². The molecule has 0 unspecified atom stereocenters. The molecular weight excluding hydrogens is 399 g/mol. The highest BCUT2D eigenvalue weighted by atomic mass is 19.4. The first-order valence-corrected chi connectivity index (χ1v) is 8.80. The number of nitrogens with two attached hydrogens (primary N) is 1. The molecule has 7 nitrogen and oxygen atoms in total. The van der Waals surface area contributed by atoms with E-state index in [1.54, 1.807) is 39.0 Å². The summed E-state index contributed by atoms with van der Waals surface area (Å²) in [6.07, 6.45) is -3.38. The molecule has 0 aliphatic carbocycles. The number of anilines is 1. The summed E-state index contributed by atoms with van der Waals surface area (Å²) in [5.74, 6) is -1.59. The van der Waals surface area contributed by atoms with Crippen LogP contribution in [0.5, 0.6) is 0 Å². The molecule has 2 heterocycles. The number of halogens is 3. The summed E-state index contributed by atoms with van der Waals surface area (Å²) in [5.41, 5.74) is 5.75. The number of rotatable bonds is 4. The number of nitrogens with one attached hydrogen (secondary N) is 1. The highest BCUT2D eigenvalue weighted by molar-refractivity contribution is 6.09. The molecule has 2 amide bonds. The lowest BCUT2D eigenvalue weighted by atomic mass is 10.0. The van der Waals surface area contributed by atoms with E-state index in [0.717, 1.165) is 10.2 Å². The summed E-state index contributed by atoms with van der Waals surface area (Å²) in [6.45, 7) is 5.03. The first kappa shape index (κ1) is 21.0. The van der Waals surface area contributed by atoms with Crippen molar-refractivity contribution in [3.05, 3.63) is 70.2 Å². The van der Waals surface area contributed by atoms with Gasteiger partial charge in [0.25, 0.3) is 11.8 Å². The fraction of sp³-hybridized carbons (Fsp3) is 0.200. The lowest BCUT2D eigenvalue weighted by molar-refractivity contribution is -0.141. The van der Waals surface area contributed by atoms with Gasteiger partial charge in [0.1, 0.15) is 5.69 Å². The van der Waals surface area contributed by atoms with Crippen molar-refractivity contribution in [3.8, 4) is 5.82 Å². The van der Waals surface area contributed by atoms with Gasteiger partial charge in [-0.2, -0.15) is 18.3 Å². The summed E-state index contributed by atoms with van der Waals surface area (Å²) >= 11 is 0. The fourth-order valence-corrected chi connectivity index (χ4v) is 3.05. The van der Waals surface area contributed by atoms with Crippen LogP contribution >= 0.6 is 0 Å². The molecule has 0 bridgehead atoms. The molecule has 0 radical (unpaired) electrons. The van der Waals surface area contributed by atoms with Crippen LogP contribution in [-0.4, -0.2) is 26.6 Å². The van der Waals surface area contributed by atoms with Gasteiger partial charge in [0.15, 0.2) is 11.5 Å². The molecule has 0 atom stereocenters. The van der Waals surface area contributed by atoms with Crippen molar-refractivity contribution >= 4 is 17.5 Å². The quantitative estimate of drug-likeness (QED) is 0.677. The first-order valence-electron chi connectivity index (χ1n) is 8.80. The number of hydrogen-bond donors (Lipinski definition) is 2. The number of benzene rings is 1. The van der Waals surface area contributed by atoms with Gasteiger partial charge >= 0.3 is 6.18 Å². The van der Waals surface area contributed by atoms with Gasteiger partial charge in [-0.1, -0.05) is 12.1 Å². The minimum absolute atomic E-state index is 0.0528. The summed E-state index contributed by atoms with van der Waals surface area (Å²) in [5, 5.41) is 6.05. The molecule has 0 fully saturated rings. The number of hydrogen-bond acceptors (Lipinski definition) is 4. The van der Waals surface area contributed by atoms with E-state index in [-0.39, 0.29) is 22.8 Å². The Bertz CT molecular complexity index is 1150. The smallest absolute Gasteiger partial charge is 0.366 e. The van der Waals surface area contributed by atoms with E-state index in [2.05, 4.69) is 15.4 Å². The van der Waals surface area contributed by atoms with E-state index in [0.29, 0.717) is 17.2 Å². The molecule has 0 aliphatic heterocycles. The van der Waals surface area contributed by atoms with Crippen LogP contribution in [0.4, 0.5) is 18.9 Å². The Morgan fingerprint density at radius 3 is 2.40 bits per heavy atom. The molecule has 0 aliphatic rings. The second-order valence-corrected chi connectivity index (χ2v) is 6.79. The third-order valence-corrected chi connectivity index (χ3v) is 4.40. The van der Waals surface area contributed by atoms with Crippen LogP contribution in [0.1, 0.15) is 43.2 Å². The number of pyridine rings is 1. The number of carbonyl (C=O) groups excluding carboxylic acids is 2. The summed E-state index contributed by atoms with van der Waals surface area (Å²) in [4.78, 5) is 28.8. The Morgan fingerprint density at radius 1 is 1.10 bits per heavy atom. The topological polar surface area (TPSA) is 103 Å². The molecular formula is C20H18F3N5O2. The van der Waals surface area contributed by atoms with Gasteiger partial charge in [0.05, 0.1) is 11.3 Å². The van der Waals surface area contributed by atoms with Gasteiger partial charge in [-0.05, 0) is 49.6 Å². The summed E-state index contributed by atoms with van der Waals surface area (Å²) in [7, 11) is 0. The number of aromatic nitrogens is 3. The molecule has 0 saturated carbocycles. The van der Waals surface area contributed by atoms with Crippen molar-refractivity contribution in [3.63, 3.8) is 0 Å². The molecule has 3 aromatic rings. The van der Waals surface area contributed by atoms with Crippen LogP contribution in [0.15, 0.2) is 36.5 Å². The van der Waals surface area contributed by atoms with Gasteiger partial charge in [0.2, 0.25) is 0 Å². The Balaban J connectivity index is 2.13. The maximum atomic E-state index is 13.3. The Kier molecular flexibility index (Phi) is 5.34. The zero-order chi connectivity index (χ0) is 22.2.